The van der Waals surface area contributed by atoms with Gasteiger partial charge in [0.05, 0.1) is 6.61 Å². The minimum Gasteiger partial charge on any atom is -0.366 e. The average Bonchev–Trinajstić information content (AvgIpc) is 2.99. The molecule has 1 amide bonds. The van der Waals surface area contributed by atoms with E-state index < -0.39 is 6.10 Å². The zero-order valence-corrected chi connectivity index (χ0v) is 14.8. The number of thiazole rings is 1. The van der Waals surface area contributed by atoms with Crippen molar-refractivity contribution in [2.75, 3.05) is 25.0 Å². The number of amides is 1. The molecule has 0 aliphatic carbocycles. The van der Waals surface area contributed by atoms with Gasteiger partial charge >= 0.3 is 0 Å². The fraction of sp³-hybridized carbons (Fsp3) is 0.375. The predicted octanol–water partition coefficient (Wildman–Crippen LogP) is 2.53. The molecular formula is C16H19ClFN3O2S. The molecule has 3 rings (SSSR count). The second kappa shape index (κ2) is 8.53. The quantitative estimate of drug-likeness (QED) is 0.867. The number of ether oxygens (including phenoxy) is 1. The van der Waals surface area contributed by atoms with Crippen molar-refractivity contribution in [2.45, 2.75) is 19.4 Å². The molecule has 2 N–H and O–H groups in total. The van der Waals surface area contributed by atoms with Gasteiger partial charge in [-0.3, -0.25) is 10.1 Å². The van der Waals surface area contributed by atoms with Gasteiger partial charge in [-0.25, -0.2) is 9.37 Å². The Bertz CT molecular complexity index is 704. The van der Waals surface area contributed by atoms with Crippen LogP contribution in [0.1, 0.15) is 16.0 Å². The molecule has 0 saturated carbocycles. The largest absolute Gasteiger partial charge is 0.366 e. The molecule has 5 nitrogen and oxygen atoms in total. The van der Waals surface area contributed by atoms with Crippen LogP contribution in [0.25, 0.3) is 0 Å². The summed E-state index contributed by atoms with van der Waals surface area (Å²) in [4.78, 5) is 17.2. The fourth-order valence-electron chi connectivity index (χ4n) is 2.31. The van der Waals surface area contributed by atoms with Gasteiger partial charge in [0.15, 0.2) is 5.13 Å². The topological polar surface area (TPSA) is 63.2 Å². The van der Waals surface area contributed by atoms with Gasteiger partial charge in [-0.05, 0) is 24.1 Å². The van der Waals surface area contributed by atoms with E-state index in [0.717, 1.165) is 17.0 Å². The minimum atomic E-state index is -0.484. The van der Waals surface area contributed by atoms with Crippen LogP contribution in [0.4, 0.5) is 9.52 Å². The van der Waals surface area contributed by atoms with Crippen LogP contribution in [-0.2, 0) is 16.0 Å². The molecule has 1 aromatic carbocycles. The van der Waals surface area contributed by atoms with Gasteiger partial charge in [-0.1, -0.05) is 12.1 Å². The van der Waals surface area contributed by atoms with Crippen LogP contribution < -0.4 is 10.6 Å². The van der Waals surface area contributed by atoms with Gasteiger partial charge in [-0.2, -0.15) is 0 Å². The summed E-state index contributed by atoms with van der Waals surface area (Å²) in [6.07, 6.45) is 1.81. The summed E-state index contributed by atoms with van der Waals surface area (Å²) in [6, 6.07) is 5.20. The Morgan fingerprint density at radius 2 is 2.38 bits per heavy atom. The molecule has 0 spiro atoms. The lowest BCUT2D eigenvalue weighted by Gasteiger charge is -2.22. The Hall–Kier alpha value is -1.54. The highest BCUT2D eigenvalue weighted by Crippen LogP contribution is 2.22. The van der Waals surface area contributed by atoms with Crippen LogP contribution >= 0.6 is 23.7 Å². The van der Waals surface area contributed by atoms with E-state index in [1.165, 1.54) is 17.4 Å². The van der Waals surface area contributed by atoms with Crippen LogP contribution in [0.15, 0.2) is 24.4 Å². The molecule has 1 fully saturated rings. The Labute approximate surface area is 150 Å². The highest BCUT2D eigenvalue weighted by atomic mass is 35.5. The monoisotopic (exact) mass is 371 g/mol. The van der Waals surface area contributed by atoms with Crippen molar-refractivity contribution < 1.29 is 13.9 Å². The Kier molecular flexibility index (Phi) is 6.68. The zero-order chi connectivity index (χ0) is 16.2. The van der Waals surface area contributed by atoms with E-state index in [2.05, 4.69) is 15.6 Å². The summed E-state index contributed by atoms with van der Waals surface area (Å²) < 4.78 is 19.0. The summed E-state index contributed by atoms with van der Waals surface area (Å²) in [6.45, 7) is 3.53. The van der Waals surface area contributed by atoms with Crippen LogP contribution in [0.2, 0.25) is 0 Å². The molecule has 1 aliphatic heterocycles. The zero-order valence-electron chi connectivity index (χ0n) is 13.2. The second-order valence-electron chi connectivity index (χ2n) is 5.44. The number of anilines is 1. The third-order valence-corrected chi connectivity index (χ3v) is 4.53. The maximum Gasteiger partial charge on any atom is 0.256 e. The molecular weight excluding hydrogens is 353 g/mol. The molecule has 1 aromatic heterocycles. The van der Waals surface area contributed by atoms with Crippen molar-refractivity contribution in [1.82, 2.24) is 10.3 Å². The number of carbonyl (C=O) groups is 1. The summed E-state index contributed by atoms with van der Waals surface area (Å²) >= 11 is 1.39. The van der Waals surface area contributed by atoms with Crippen LogP contribution in [0.3, 0.4) is 0 Å². The minimum absolute atomic E-state index is 0. The van der Waals surface area contributed by atoms with E-state index in [4.69, 9.17) is 4.74 Å². The van der Waals surface area contributed by atoms with E-state index in [1.54, 1.807) is 19.2 Å². The van der Waals surface area contributed by atoms with E-state index in [1.807, 2.05) is 6.07 Å². The van der Waals surface area contributed by atoms with Gasteiger partial charge in [0, 0.05) is 30.6 Å². The third kappa shape index (κ3) is 4.73. The van der Waals surface area contributed by atoms with Gasteiger partial charge < -0.3 is 10.1 Å². The number of hydrogen-bond donors (Lipinski definition) is 2. The van der Waals surface area contributed by atoms with Crippen molar-refractivity contribution in [1.29, 1.82) is 0 Å². The first kappa shape index (κ1) is 18.8. The van der Waals surface area contributed by atoms with Crippen LogP contribution in [-0.4, -0.2) is 36.7 Å². The third-order valence-electron chi connectivity index (χ3n) is 3.62. The molecule has 0 radical (unpaired) electrons. The fourth-order valence-corrected chi connectivity index (χ4v) is 3.16. The Morgan fingerprint density at radius 3 is 3.08 bits per heavy atom. The lowest BCUT2D eigenvalue weighted by molar-refractivity contribution is -0.128. The molecule has 1 unspecified atom stereocenters. The smallest absolute Gasteiger partial charge is 0.256 e. The summed E-state index contributed by atoms with van der Waals surface area (Å²) in [5.41, 5.74) is 1.52. The van der Waals surface area contributed by atoms with E-state index in [-0.39, 0.29) is 24.1 Å². The Morgan fingerprint density at radius 1 is 1.54 bits per heavy atom. The number of aryl methyl sites for hydroxylation is 1. The lowest BCUT2D eigenvalue weighted by atomic mass is 10.1. The number of nitrogens with zero attached hydrogens (tertiary/aromatic N) is 1. The van der Waals surface area contributed by atoms with Crippen LogP contribution in [0.5, 0.6) is 0 Å². The molecule has 0 bridgehead atoms. The number of aromatic nitrogens is 1. The molecule has 130 valence electrons. The number of rotatable bonds is 4. The first-order valence-electron chi connectivity index (χ1n) is 7.45. The Balaban J connectivity index is 0.00000208. The highest BCUT2D eigenvalue weighted by molar-refractivity contribution is 7.15. The normalized spacial score (nSPS) is 17.2. The van der Waals surface area contributed by atoms with Crippen molar-refractivity contribution >= 4 is 34.8 Å². The summed E-state index contributed by atoms with van der Waals surface area (Å²) in [7, 11) is 0. The lowest BCUT2D eigenvalue weighted by Crippen LogP contribution is -2.45. The van der Waals surface area contributed by atoms with E-state index in [9.17, 15) is 9.18 Å². The van der Waals surface area contributed by atoms with Crippen molar-refractivity contribution in [2.24, 2.45) is 0 Å². The molecule has 8 heteroatoms. The number of nitrogens with one attached hydrogen (secondary N) is 2. The maximum atomic E-state index is 13.6. The van der Waals surface area contributed by atoms with Gasteiger partial charge in [0.25, 0.3) is 5.91 Å². The number of morpholine rings is 1. The van der Waals surface area contributed by atoms with Gasteiger partial charge in [0.1, 0.15) is 11.9 Å². The summed E-state index contributed by atoms with van der Waals surface area (Å²) in [5, 5.41) is 6.41. The van der Waals surface area contributed by atoms with Gasteiger partial charge in [-0.15, -0.1) is 23.7 Å². The molecule has 1 saturated heterocycles. The first-order chi connectivity index (χ1) is 11.1. The number of benzene rings is 1. The standard InChI is InChI=1S/C16H18FN3O2S.ClH/c1-10-2-3-11(7-13(10)17)6-12-8-19-16(23-12)20-15(21)14-9-18-4-5-22-14;/h2-3,7-8,14,18H,4-6,9H2,1H3,(H,19,20,21);1H. The average molecular weight is 372 g/mol. The number of halogens is 2. The van der Waals surface area contributed by atoms with Gasteiger partial charge in [0.2, 0.25) is 0 Å². The molecule has 24 heavy (non-hydrogen) atoms. The maximum absolute atomic E-state index is 13.6. The molecule has 2 aromatic rings. The van der Waals surface area contributed by atoms with Crippen LogP contribution in [0, 0.1) is 12.7 Å². The highest BCUT2D eigenvalue weighted by Gasteiger charge is 2.22. The van der Waals surface area contributed by atoms with E-state index >= 15 is 0 Å². The number of hydrogen-bond acceptors (Lipinski definition) is 5. The molecule has 1 aliphatic rings. The molecule has 2 heterocycles. The molecule has 1 atom stereocenters. The summed E-state index contributed by atoms with van der Waals surface area (Å²) in [5.74, 6) is -0.401. The van der Waals surface area contributed by atoms with Crippen molar-refractivity contribution in [3.05, 3.63) is 46.2 Å². The number of carbonyl (C=O) groups excluding carboxylic acids is 1. The van der Waals surface area contributed by atoms with E-state index in [0.29, 0.717) is 30.3 Å². The predicted molar refractivity (Wildman–Crippen MR) is 94.5 cm³/mol. The van der Waals surface area contributed by atoms with Crippen molar-refractivity contribution in [3.63, 3.8) is 0 Å². The van der Waals surface area contributed by atoms with Crippen molar-refractivity contribution in [3.8, 4) is 0 Å². The second-order valence-corrected chi connectivity index (χ2v) is 6.56. The first-order valence-corrected chi connectivity index (χ1v) is 8.26. The SMILES string of the molecule is Cc1ccc(Cc2cnc(NC(=O)C3CNCCO3)s2)cc1F.Cl.